The Labute approximate surface area is 148 Å². The summed E-state index contributed by atoms with van der Waals surface area (Å²) in [6.45, 7) is 0. The van der Waals surface area contributed by atoms with E-state index < -0.39 is 17.3 Å². The van der Waals surface area contributed by atoms with Crippen molar-refractivity contribution in [2.75, 3.05) is 5.73 Å². The van der Waals surface area contributed by atoms with Gasteiger partial charge in [-0.05, 0) is 12.1 Å². The number of fused-ring (bicyclic) bond motifs is 2. The maximum atomic E-state index is 12.8. The number of phenols is 2. The van der Waals surface area contributed by atoms with E-state index in [4.69, 9.17) is 10.5 Å². The lowest BCUT2D eigenvalue weighted by molar-refractivity contribution is 0.0977. The predicted molar refractivity (Wildman–Crippen MR) is 94.0 cm³/mol. The van der Waals surface area contributed by atoms with Crippen LogP contribution in [0.1, 0.15) is 31.8 Å². The normalized spacial score (nSPS) is 12.5. The quantitative estimate of drug-likeness (QED) is 0.379. The smallest absolute Gasteiger partial charge is 0.198 e. The molecule has 6 nitrogen and oxygen atoms in total. The Morgan fingerprint density at radius 3 is 2.12 bits per heavy atom. The molecule has 0 heterocycles. The molecule has 0 saturated carbocycles. The van der Waals surface area contributed by atoms with Crippen molar-refractivity contribution in [1.29, 1.82) is 0 Å². The van der Waals surface area contributed by atoms with E-state index in [1.165, 1.54) is 30.3 Å². The van der Waals surface area contributed by atoms with Gasteiger partial charge in [-0.3, -0.25) is 9.59 Å². The number of rotatable bonds is 2. The van der Waals surface area contributed by atoms with Crippen molar-refractivity contribution < 1.29 is 24.5 Å². The molecule has 1 aliphatic carbocycles. The summed E-state index contributed by atoms with van der Waals surface area (Å²) in [5.74, 6) is -1.04. The molecular formula is C20H13NO5. The van der Waals surface area contributed by atoms with Crippen molar-refractivity contribution in [3.63, 3.8) is 0 Å². The summed E-state index contributed by atoms with van der Waals surface area (Å²) in [6, 6.07) is 13.5. The van der Waals surface area contributed by atoms with Crippen molar-refractivity contribution in [1.82, 2.24) is 0 Å². The molecule has 4 N–H and O–H groups in total. The number of carbonyl (C=O) groups excluding carboxylic acids is 2. The van der Waals surface area contributed by atoms with Gasteiger partial charge in [0.05, 0.1) is 16.8 Å². The van der Waals surface area contributed by atoms with Crippen LogP contribution in [0.2, 0.25) is 0 Å². The summed E-state index contributed by atoms with van der Waals surface area (Å²) < 4.78 is 5.60. The highest BCUT2D eigenvalue weighted by molar-refractivity contribution is 6.31. The van der Waals surface area contributed by atoms with Gasteiger partial charge in [0.25, 0.3) is 0 Å². The first-order valence-electron chi connectivity index (χ1n) is 7.78. The number of anilines is 1. The molecule has 0 unspecified atom stereocenters. The summed E-state index contributed by atoms with van der Waals surface area (Å²) in [7, 11) is 0. The lowest BCUT2D eigenvalue weighted by atomic mass is 9.82. The second-order valence-electron chi connectivity index (χ2n) is 5.86. The minimum absolute atomic E-state index is 0.0107. The average Bonchev–Trinajstić information content (AvgIpc) is 2.62. The number of hydrogen-bond acceptors (Lipinski definition) is 6. The van der Waals surface area contributed by atoms with Gasteiger partial charge >= 0.3 is 0 Å². The zero-order chi connectivity index (χ0) is 18.4. The van der Waals surface area contributed by atoms with Crippen molar-refractivity contribution in [3.05, 3.63) is 76.9 Å². The van der Waals surface area contributed by atoms with E-state index >= 15 is 0 Å². The zero-order valence-corrected chi connectivity index (χ0v) is 13.4. The zero-order valence-electron chi connectivity index (χ0n) is 13.4. The van der Waals surface area contributed by atoms with Crippen LogP contribution in [0.4, 0.5) is 5.69 Å². The Bertz CT molecular complexity index is 1090. The second kappa shape index (κ2) is 5.63. The summed E-state index contributed by atoms with van der Waals surface area (Å²) in [6.07, 6.45) is 0. The molecule has 0 aliphatic heterocycles. The van der Waals surface area contributed by atoms with Gasteiger partial charge in [0, 0.05) is 23.3 Å². The summed E-state index contributed by atoms with van der Waals surface area (Å²) in [4.78, 5) is 25.5. The van der Waals surface area contributed by atoms with Crippen LogP contribution >= 0.6 is 0 Å². The van der Waals surface area contributed by atoms with E-state index in [-0.39, 0.29) is 45.2 Å². The van der Waals surface area contributed by atoms with Crippen molar-refractivity contribution in [2.45, 2.75) is 0 Å². The number of nitrogens with two attached hydrogens (primary N) is 1. The molecule has 0 radical (unpaired) electrons. The number of benzene rings is 3. The lowest BCUT2D eigenvalue weighted by Crippen LogP contribution is -2.22. The van der Waals surface area contributed by atoms with Crippen LogP contribution < -0.4 is 10.5 Å². The summed E-state index contributed by atoms with van der Waals surface area (Å²) in [5, 5.41) is 19.9. The first-order valence-corrected chi connectivity index (χ1v) is 7.78. The number of nitrogen functional groups attached to an aromatic ring is 1. The third-order valence-electron chi connectivity index (χ3n) is 4.22. The number of hydrogen-bond donors (Lipinski definition) is 3. The molecule has 4 rings (SSSR count). The van der Waals surface area contributed by atoms with E-state index in [1.807, 2.05) is 0 Å². The molecule has 0 aromatic heterocycles. The van der Waals surface area contributed by atoms with Crippen LogP contribution in [-0.2, 0) is 0 Å². The molecule has 0 atom stereocenters. The highest BCUT2D eigenvalue weighted by atomic mass is 16.5. The first-order chi connectivity index (χ1) is 12.5. The van der Waals surface area contributed by atoms with Crippen LogP contribution in [0.25, 0.3) is 0 Å². The Balaban J connectivity index is 1.88. The Hall–Kier alpha value is -3.80. The van der Waals surface area contributed by atoms with E-state index in [9.17, 15) is 19.8 Å². The molecule has 0 fully saturated rings. The second-order valence-corrected chi connectivity index (χ2v) is 5.86. The van der Waals surface area contributed by atoms with Crippen LogP contribution in [0.15, 0.2) is 54.6 Å². The number of ether oxygens (including phenoxy) is 1. The predicted octanol–water partition coefficient (Wildman–Crippen LogP) is 3.25. The summed E-state index contributed by atoms with van der Waals surface area (Å²) in [5.41, 5.74) is 6.29. The Morgan fingerprint density at radius 2 is 1.46 bits per heavy atom. The molecule has 26 heavy (non-hydrogen) atoms. The molecule has 0 bridgehead atoms. The average molecular weight is 347 g/mol. The molecule has 3 aromatic carbocycles. The van der Waals surface area contributed by atoms with E-state index in [2.05, 4.69) is 0 Å². The van der Waals surface area contributed by atoms with Gasteiger partial charge in [0.2, 0.25) is 0 Å². The molecule has 0 saturated heterocycles. The van der Waals surface area contributed by atoms with Gasteiger partial charge in [-0.1, -0.05) is 30.3 Å². The highest BCUT2D eigenvalue weighted by Gasteiger charge is 2.35. The molecule has 3 aromatic rings. The molecule has 0 spiro atoms. The number of carbonyl (C=O) groups is 2. The lowest BCUT2D eigenvalue weighted by Gasteiger charge is -2.21. The fraction of sp³-hybridized carbons (Fsp3) is 0. The van der Waals surface area contributed by atoms with E-state index in [1.54, 1.807) is 24.3 Å². The highest BCUT2D eigenvalue weighted by Crippen LogP contribution is 2.42. The van der Waals surface area contributed by atoms with Crippen molar-refractivity contribution >= 4 is 17.3 Å². The third kappa shape index (κ3) is 2.28. The van der Waals surface area contributed by atoms with Gasteiger partial charge in [0.1, 0.15) is 17.2 Å². The van der Waals surface area contributed by atoms with Crippen LogP contribution in [-0.4, -0.2) is 21.8 Å². The number of ketones is 2. The Kier molecular flexibility index (Phi) is 3.40. The van der Waals surface area contributed by atoms with Gasteiger partial charge in [0.15, 0.2) is 17.3 Å². The fourth-order valence-electron chi connectivity index (χ4n) is 3.03. The van der Waals surface area contributed by atoms with Crippen LogP contribution in [0.5, 0.6) is 23.0 Å². The van der Waals surface area contributed by atoms with E-state index in [0.717, 1.165) is 0 Å². The van der Waals surface area contributed by atoms with Crippen molar-refractivity contribution in [2.24, 2.45) is 0 Å². The SMILES string of the molecule is Nc1c(Oc2cccc(O)c2)cc(O)c2c1C(=O)c1ccccc1C2=O. The molecular weight excluding hydrogens is 334 g/mol. The van der Waals surface area contributed by atoms with Crippen LogP contribution in [0, 0.1) is 0 Å². The summed E-state index contributed by atoms with van der Waals surface area (Å²) >= 11 is 0. The van der Waals surface area contributed by atoms with Gasteiger partial charge in [-0.2, -0.15) is 0 Å². The minimum Gasteiger partial charge on any atom is -0.508 e. The molecule has 6 heteroatoms. The van der Waals surface area contributed by atoms with Crippen molar-refractivity contribution in [3.8, 4) is 23.0 Å². The topological polar surface area (TPSA) is 110 Å². The van der Waals surface area contributed by atoms with Gasteiger partial charge < -0.3 is 20.7 Å². The maximum Gasteiger partial charge on any atom is 0.198 e. The van der Waals surface area contributed by atoms with Gasteiger partial charge in [-0.25, -0.2) is 0 Å². The fourth-order valence-corrected chi connectivity index (χ4v) is 3.03. The third-order valence-corrected chi connectivity index (χ3v) is 4.22. The molecule has 128 valence electrons. The largest absolute Gasteiger partial charge is 0.508 e. The van der Waals surface area contributed by atoms with Gasteiger partial charge in [-0.15, -0.1) is 0 Å². The standard InChI is InChI=1S/C20H13NO5/c21-18-15(26-11-5-3-4-10(22)8-11)9-14(23)16-17(18)20(25)13-7-2-1-6-12(13)19(16)24/h1-9,22-23H,21H2. The number of phenolic OH excluding ortho intramolecular Hbond substituents is 2. The number of aromatic hydroxyl groups is 2. The molecule has 1 aliphatic rings. The first kappa shape index (κ1) is 15.7. The Morgan fingerprint density at radius 1 is 0.808 bits per heavy atom. The maximum absolute atomic E-state index is 12.8. The molecule has 0 amide bonds. The minimum atomic E-state index is -0.469. The van der Waals surface area contributed by atoms with E-state index in [0.29, 0.717) is 0 Å². The monoisotopic (exact) mass is 347 g/mol. The van der Waals surface area contributed by atoms with Crippen LogP contribution in [0.3, 0.4) is 0 Å².